The van der Waals surface area contributed by atoms with Gasteiger partial charge in [0.15, 0.2) is 23.1 Å². The van der Waals surface area contributed by atoms with Gasteiger partial charge in [0.25, 0.3) is 0 Å². The number of carbonyl (C=O) groups excluding carboxylic acids is 2. The quantitative estimate of drug-likeness (QED) is 0.409. The number of benzene rings is 3. The van der Waals surface area contributed by atoms with Crippen molar-refractivity contribution in [1.29, 1.82) is 0 Å². The van der Waals surface area contributed by atoms with E-state index in [9.17, 15) is 19.5 Å². The molecule has 0 aromatic heterocycles. The SMILES string of the molecule is CN(C(=O)OCc1ccc(C=O)c(O)c1)c1ccc2nc3ccc(=O)cc-3oc2c1. The largest absolute Gasteiger partial charge is 0.507 e. The van der Waals surface area contributed by atoms with Crippen molar-refractivity contribution in [2.75, 3.05) is 11.9 Å². The van der Waals surface area contributed by atoms with Gasteiger partial charge in [0.2, 0.25) is 0 Å². The smallest absolute Gasteiger partial charge is 0.414 e. The number of amides is 1. The number of aromatic nitrogens is 1. The minimum absolute atomic E-state index is 0.0771. The molecule has 0 saturated heterocycles. The van der Waals surface area contributed by atoms with Crippen LogP contribution in [-0.4, -0.2) is 29.5 Å². The molecule has 1 aliphatic heterocycles. The number of nitrogens with zero attached hydrogens (tertiary/aromatic N) is 2. The van der Waals surface area contributed by atoms with Gasteiger partial charge in [-0.15, -0.1) is 0 Å². The molecule has 2 aliphatic rings. The molecule has 4 rings (SSSR count). The first kappa shape index (κ1) is 19.1. The maximum absolute atomic E-state index is 12.4. The van der Waals surface area contributed by atoms with E-state index in [-0.39, 0.29) is 23.3 Å². The molecule has 8 heteroatoms. The summed E-state index contributed by atoms with van der Waals surface area (Å²) in [5.74, 6) is 0.181. The molecule has 0 bridgehead atoms. The summed E-state index contributed by atoms with van der Waals surface area (Å²) in [5.41, 5.74) is 2.58. The number of fused-ring (bicyclic) bond motifs is 2. The summed E-state index contributed by atoms with van der Waals surface area (Å²) >= 11 is 0. The van der Waals surface area contributed by atoms with Crippen LogP contribution in [0, 0.1) is 0 Å². The number of hydrogen-bond donors (Lipinski definition) is 1. The zero-order chi connectivity index (χ0) is 21.3. The molecule has 1 N–H and O–H groups in total. The normalized spacial score (nSPS) is 10.8. The van der Waals surface area contributed by atoms with Gasteiger partial charge in [-0.1, -0.05) is 6.07 Å². The second-order valence-corrected chi connectivity index (χ2v) is 6.62. The van der Waals surface area contributed by atoms with Gasteiger partial charge in [0, 0.05) is 19.2 Å². The summed E-state index contributed by atoms with van der Waals surface area (Å²) in [6.07, 6.45) is -0.0801. The second-order valence-electron chi connectivity index (χ2n) is 6.62. The predicted octanol–water partition coefficient (Wildman–Crippen LogP) is 3.58. The molecule has 0 saturated carbocycles. The highest BCUT2D eigenvalue weighted by Gasteiger charge is 2.16. The summed E-state index contributed by atoms with van der Waals surface area (Å²) in [6.45, 7) is -0.0771. The molecule has 150 valence electrons. The van der Waals surface area contributed by atoms with Crippen molar-refractivity contribution < 1.29 is 23.8 Å². The Morgan fingerprint density at radius 1 is 1.17 bits per heavy atom. The molecule has 0 atom stereocenters. The van der Waals surface area contributed by atoms with Crippen LogP contribution < -0.4 is 10.3 Å². The van der Waals surface area contributed by atoms with E-state index in [1.165, 1.54) is 29.2 Å². The molecular formula is C22H16N2O6. The van der Waals surface area contributed by atoms with E-state index in [0.717, 1.165) is 0 Å². The van der Waals surface area contributed by atoms with Crippen LogP contribution in [0.5, 0.6) is 5.75 Å². The van der Waals surface area contributed by atoms with Crippen LogP contribution in [0.15, 0.2) is 63.8 Å². The molecule has 1 amide bonds. The third kappa shape index (κ3) is 3.70. The highest BCUT2D eigenvalue weighted by Crippen LogP contribution is 2.27. The lowest BCUT2D eigenvalue weighted by molar-refractivity contribution is 0.112. The Hall–Kier alpha value is -4.20. The average Bonchev–Trinajstić information content (AvgIpc) is 2.75. The summed E-state index contributed by atoms with van der Waals surface area (Å²) < 4.78 is 11.0. The van der Waals surface area contributed by atoms with Crippen molar-refractivity contribution >= 4 is 29.2 Å². The Kier molecular flexibility index (Phi) is 4.89. The molecule has 30 heavy (non-hydrogen) atoms. The van der Waals surface area contributed by atoms with Gasteiger partial charge >= 0.3 is 6.09 Å². The first-order valence-electron chi connectivity index (χ1n) is 8.97. The van der Waals surface area contributed by atoms with Crippen LogP contribution in [0.2, 0.25) is 0 Å². The van der Waals surface area contributed by atoms with Crippen LogP contribution in [0.3, 0.4) is 0 Å². The molecule has 1 heterocycles. The van der Waals surface area contributed by atoms with E-state index in [2.05, 4.69) is 4.98 Å². The Bertz CT molecular complexity index is 1300. The van der Waals surface area contributed by atoms with Crippen LogP contribution in [0.4, 0.5) is 10.5 Å². The number of aldehydes is 1. The molecule has 0 fully saturated rings. The number of phenolic OH excluding ortho intramolecular Hbond substituents is 1. The first-order valence-corrected chi connectivity index (χ1v) is 8.97. The van der Waals surface area contributed by atoms with Crippen LogP contribution in [0.1, 0.15) is 15.9 Å². The molecular weight excluding hydrogens is 388 g/mol. The second kappa shape index (κ2) is 7.67. The minimum Gasteiger partial charge on any atom is -0.507 e. The third-order valence-corrected chi connectivity index (χ3v) is 4.58. The molecule has 2 aromatic carbocycles. The molecule has 0 unspecified atom stereocenters. The molecule has 8 nitrogen and oxygen atoms in total. The average molecular weight is 404 g/mol. The fourth-order valence-corrected chi connectivity index (χ4v) is 2.93. The van der Waals surface area contributed by atoms with Gasteiger partial charge in [-0.25, -0.2) is 9.78 Å². The van der Waals surface area contributed by atoms with Crippen molar-refractivity contribution in [1.82, 2.24) is 4.98 Å². The maximum Gasteiger partial charge on any atom is 0.414 e. The highest BCUT2D eigenvalue weighted by atomic mass is 16.6. The number of aromatic hydroxyl groups is 1. The third-order valence-electron chi connectivity index (χ3n) is 4.58. The topological polar surface area (TPSA) is 110 Å². The van der Waals surface area contributed by atoms with Crippen LogP contribution in [-0.2, 0) is 11.3 Å². The fourth-order valence-electron chi connectivity index (χ4n) is 2.93. The lowest BCUT2D eigenvalue weighted by Crippen LogP contribution is -2.26. The van der Waals surface area contributed by atoms with Crippen molar-refractivity contribution in [3.05, 3.63) is 75.9 Å². The van der Waals surface area contributed by atoms with E-state index in [1.807, 2.05) is 0 Å². The number of anilines is 1. The van der Waals surface area contributed by atoms with Gasteiger partial charge in [0.05, 0.1) is 11.3 Å². The monoisotopic (exact) mass is 404 g/mol. The van der Waals surface area contributed by atoms with E-state index in [4.69, 9.17) is 9.15 Å². The van der Waals surface area contributed by atoms with Crippen molar-refractivity contribution in [3.63, 3.8) is 0 Å². The van der Waals surface area contributed by atoms with Crippen LogP contribution >= 0.6 is 0 Å². The minimum atomic E-state index is -0.621. The number of ether oxygens (including phenoxy) is 1. The van der Waals surface area contributed by atoms with E-state index in [0.29, 0.717) is 40.1 Å². The highest BCUT2D eigenvalue weighted by molar-refractivity contribution is 5.90. The fraction of sp³-hybridized carbons (Fsp3) is 0.0909. The Labute approximate surface area is 170 Å². The van der Waals surface area contributed by atoms with Crippen LogP contribution in [0.25, 0.3) is 22.6 Å². The number of hydrogen-bond acceptors (Lipinski definition) is 7. The molecule has 0 spiro atoms. The van der Waals surface area contributed by atoms with Crippen molar-refractivity contribution in [2.45, 2.75) is 6.61 Å². The van der Waals surface area contributed by atoms with Crippen molar-refractivity contribution in [2.24, 2.45) is 0 Å². The van der Waals surface area contributed by atoms with Crippen molar-refractivity contribution in [3.8, 4) is 17.2 Å². The van der Waals surface area contributed by atoms with E-state index < -0.39 is 6.09 Å². The molecule has 0 radical (unpaired) electrons. The van der Waals surface area contributed by atoms with Gasteiger partial charge < -0.3 is 14.3 Å². The zero-order valence-corrected chi connectivity index (χ0v) is 15.9. The van der Waals surface area contributed by atoms with Gasteiger partial charge in [-0.3, -0.25) is 14.5 Å². The summed E-state index contributed by atoms with van der Waals surface area (Å²) in [6, 6.07) is 13.8. The lowest BCUT2D eigenvalue weighted by Gasteiger charge is -2.18. The Balaban J connectivity index is 1.53. The number of rotatable bonds is 4. The van der Waals surface area contributed by atoms with E-state index in [1.54, 1.807) is 37.4 Å². The summed E-state index contributed by atoms with van der Waals surface area (Å²) in [7, 11) is 1.54. The number of carbonyl (C=O) groups is 2. The van der Waals surface area contributed by atoms with E-state index >= 15 is 0 Å². The summed E-state index contributed by atoms with van der Waals surface area (Å²) in [5, 5.41) is 9.72. The number of phenols is 1. The van der Waals surface area contributed by atoms with Gasteiger partial charge in [-0.05, 0) is 42.0 Å². The van der Waals surface area contributed by atoms with Gasteiger partial charge in [0.1, 0.15) is 23.6 Å². The predicted molar refractivity (Wildman–Crippen MR) is 109 cm³/mol. The summed E-state index contributed by atoms with van der Waals surface area (Å²) in [4.78, 5) is 40.4. The Morgan fingerprint density at radius 3 is 2.77 bits per heavy atom. The van der Waals surface area contributed by atoms with Gasteiger partial charge in [-0.2, -0.15) is 0 Å². The molecule has 2 aromatic rings. The molecule has 1 aliphatic carbocycles. The maximum atomic E-state index is 12.4. The lowest BCUT2D eigenvalue weighted by atomic mass is 10.1. The Morgan fingerprint density at radius 2 is 2.00 bits per heavy atom. The zero-order valence-electron chi connectivity index (χ0n) is 15.9. The standard InChI is InChI=1S/C22H16N2O6/c1-24(22(28)29-12-13-2-3-14(11-25)19(27)8-13)15-4-6-17-20(9-15)30-21-10-16(26)5-7-18(21)23-17/h2-11,27H,12H2,1H3. The first-order chi connectivity index (χ1) is 14.4.